The average molecular weight is 339 g/mol. The lowest BCUT2D eigenvalue weighted by Crippen LogP contribution is -2.44. The molecule has 1 fully saturated rings. The van der Waals surface area contributed by atoms with Gasteiger partial charge in [0.25, 0.3) is 0 Å². The lowest BCUT2D eigenvalue weighted by molar-refractivity contribution is 0.585. The van der Waals surface area contributed by atoms with Crippen molar-refractivity contribution >= 4 is 40.8 Å². The van der Waals surface area contributed by atoms with Crippen molar-refractivity contribution in [1.82, 2.24) is 15.3 Å². The Balaban J connectivity index is 2.19. The van der Waals surface area contributed by atoms with Crippen molar-refractivity contribution in [3.05, 3.63) is 28.2 Å². The molecule has 2 aromatic rings. The Bertz CT molecular complexity index is 700. The maximum absolute atomic E-state index is 6.35. The molecule has 0 aliphatic carbocycles. The van der Waals surface area contributed by atoms with Crippen LogP contribution in [-0.4, -0.2) is 36.1 Å². The molecule has 1 aromatic heterocycles. The zero-order valence-electron chi connectivity index (χ0n) is 11.8. The monoisotopic (exact) mass is 338 g/mol. The second kappa shape index (κ2) is 6.16. The van der Waals surface area contributed by atoms with Gasteiger partial charge in [-0.1, -0.05) is 35.3 Å². The lowest BCUT2D eigenvalue weighted by Gasteiger charge is -2.30. The first-order chi connectivity index (χ1) is 10.6. The number of benzene rings is 1. The van der Waals surface area contributed by atoms with Crippen molar-refractivity contribution in [3.8, 4) is 11.1 Å². The standard InChI is InChI=1S/C14H16Cl2N6/c15-9-3-1-2-8(11(9)16)10-12(17)20-14(18)21-13(10)22-6-4-19-5-7-22/h1-3,19H,4-7H2,(H4,17,18,20,21). The van der Waals surface area contributed by atoms with Crippen LogP contribution in [0.4, 0.5) is 17.6 Å². The van der Waals surface area contributed by atoms with E-state index in [4.69, 9.17) is 34.7 Å². The summed E-state index contributed by atoms with van der Waals surface area (Å²) in [5.74, 6) is 1.13. The molecule has 0 bridgehead atoms. The van der Waals surface area contributed by atoms with E-state index in [9.17, 15) is 0 Å². The minimum atomic E-state index is 0.146. The number of nitrogens with two attached hydrogens (primary N) is 2. The second-order valence-electron chi connectivity index (χ2n) is 5.00. The van der Waals surface area contributed by atoms with Crippen LogP contribution in [-0.2, 0) is 0 Å². The van der Waals surface area contributed by atoms with Gasteiger partial charge in [0.05, 0.1) is 15.6 Å². The molecule has 1 aromatic carbocycles. The van der Waals surface area contributed by atoms with E-state index in [0.717, 1.165) is 26.2 Å². The predicted molar refractivity (Wildman–Crippen MR) is 91.4 cm³/mol. The fourth-order valence-corrected chi connectivity index (χ4v) is 2.94. The molecular weight excluding hydrogens is 323 g/mol. The van der Waals surface area contributed by atoms with E-state index in [1.54, 1.807) is 6.07 Å². The number of hydrogen-bond acceptors (Lipinski definition) is 6. The predicted octanol–water partition coefficient (Wildman–Crippen LogP) is 2.02. The van der Waals surface area contributed by atoms with Gasteiger partial charge in [-0.2, -0.15) is 9.97 Å². The van der Waals surface area contributed by atoms with E-state index < -0.39 is 0 Å². The molecule has 116 valence electrons. The van der Waals surface area contributed by atoms with Crippen molar-refractivity contribution in [1.29, 1.82) is 0 Å². The van der Waals surface area contributed by atoms with E-state index in [0.29, 0.717) is 32.8 Å². The van der Waals surface area contributed by atoms with Crippen molar-refractivity contribution in [2.24, 2.45) is 0 Å². The summed E-state index contributed by atoms with van der Waals surface area (Å²) in [7, 11) is 0. The molecule has 1 aliphatic heterocycles. The number of aromatic nitrogens is 2. The molecule has 1 aliphatic rings. The number of anilines is 3. The Morgan fingerprint density at radius 2 is 1.82 bits per heavy atom. The van der Waals surface area contributed by atoms with Crippen LogP contribution in [0, 0.1) is 0 Å². The van der Waals surface area contributed by atoms with Crippen molar-refractivity contribution in [3.63, 3.8) is 0 Å². The second-order valence-corrected chi connectivity index (χ2v) is 5.79. The molecule has 1 saturated heterocycles. The first-order valence-corrected chi connectivity index (χ1v) is 7.66. The summed E-state index contributed by atoms with van der Waals surface area (Å²) in [6.07, 6.45) is 0. The smallest absolute Gasteiger partial charge is 0.223 e. The number of piperazine rings is 1. The summed E-state index contributed by atoms with van der Waals surface area (Å²) in [6.45, 7) is 3.35. The third-order valence-electron chi connectivity index (χ3n) is 3.57. The number of nitrogens with zero attached hydrogens (tertiary/aromatic N) is 3. The molecule has 8 heteroatoms. The zero-order valence-corrected chi connectivity index (χ0v) is 13.3. The van der Waals surface area contributed by atoms with E-state index in [-0.39, 0.29) is 5.95 Å². The van der Waals surface area contributed by atoms with Gasteiger partial charge in [-0.15, -0.1) is 0 Å². The number of nitrogens with one attached hydrogen (secondary N) is 1. The Labute approximate surface area is 138 Å². The highest BCUT2D eigenvalue weighted by molar-refractivity contribution is 6.43. The van der Waals surface area contributed by atoms with Gasteiger partial charge in [0.1, 0.15) is 11.6 Å². The quantitative estimate of drug-likeness (QED) is 0.775. The van der Waals surface area contributed by atoms with Gasteiger partial charge >= 0.3 is 0 Å². The Morgan fingerprint density at radius 1 is 1.09 bits per heavy atom. The SMILES string of the molecule is Nc1nc(N)c(-c2cccc(Cl)c2Cl)c(N2CCNCC2)n1. The van der Waals surface area contributed by atoms with Crippen LogP contribution in [0.1, 0.15) is 0 Å². The third-order valence-corrected chi connectivity index (χ3v) is 4.39. The first kappa shape index (κ1) is 15.1. The molecule has 5 N–H and O–H groups in total. The van der Waals surface area contributed by atoms with E-state index in [1.807, 2.05) is 12.1 Å². The minimum absolute atomic E-state index is 0.146. The number of halogens is 2. The van der Waals surface area contributed by atoms with Gasteiger partial charge in [0.15, 0.2) is 0 Å². The molecule has 6 nitrogen and oxygen atoms in total. The van der Waals surface area contributed by atoms with Crippen LogP contribution in [0.5, 0.6) is 0 Å². The highest BCUT2D eigenvalue weighted by Crippen LogP contribution is 2.40. The van der Waals surface area contributed by atoms with Crippen LogP contribution >= 0.6 is 23.2 Å². The fourth-order valence-electron chi connectivity index (χ4n) is 2.54. The normalized spacial score (nSPS) is 15.1. The van der Waals surface area contributed by atoms with Crippen molar-refractivity contribution < 1.29 is 0 Å². The Hall–Kier alpha value is -1.76. The van der Waals surface area contributed by atoms with Crippen LogP contribution in [0.15, 0.2) is 18.2 Å². The van der Waals surface area contributed by atoms with Gasteiger partial charge < -0.3 is 21.7 Å². The highest BCUT2D eigenvalue weighted by Gasteiger charge is 2.22. The van der Waals surface area contributed by atoms with Crippen LogP contribution in [0.25, 0.3) is 11.1 Å². The van der Waals surface area contributed by atoms with Crippen LogP contribution in [0.2, 0.25) is 10.0 Å². The van der Waals surface area contributed by atoms with Gasteiger partial charge in [-0.3, -0.25) is 0 Å². The molecule has 0 radical (unpaired) electrons. The fraction of sp³-hybridized carbons (Fsp3) is 0.286. The molecule has 2 heterocycles. The average Bonchev–Trinajstić information content (AvgIpc) is 2.51. The van der Waals surface area contributed by atoms with Crippen LogP contribution < -0.4 is 21.7 Å². The maximum atomic E-state index is 6.35. The summed E-state index contributed by atoms with van der Waals surface area (Å²) in [4.78, 5) is 10.6. The summed E-state index contributed by atoms with van der Waals surface area (Å²) >= 11 is 12.5. The molecule has 3 rings (SSSR count). The van der Waals surface area contributed by atoms with Crippen LogP contribution in [0.3, 0.4) is 0 Å². The molecular formula is C14H16Cl2N6. The highest BCUT2D eigenvalue weighted by atomic mass is 35.5. The first-order valence-electron chi connectivity index (χ1n) is 6.91. The van der Waals surface area contributed by atoms with Crippen molar-refractivity contribution in [2.75, 3.05) is 42.5 Å². The molecule has 0 atom stereocenters. The van der Waals surface area contributed by atoms with E-state index >= 15 is 0 Å². The number of hydrogen-bond donors (Lipinski definition) is 3. The van der Waals surface area contributed by atoms with Gasteiger partial charge in [0.2, 0.25) is 5.95 Å². The minimum Gasteiger partial charge on any atom is -0.383 e. The lowest BCUT2D eigenvalue weighted by atomic mass is 10.1. The van der Waals surface area contributed by atoms with E-state index in [1.165, 1.54) is 0 Å². The summed E-state index contributed by atoms with van der Waals surface area (Å²) in [6, 6.07) is 5.40. The molecule has 0 spiro atoms. The summed E-state index contributed by atoms with van der Waals surface area (Å²) in [5.41, 5.74) is 13.3. The topological polar surface area (TPSA) is 93.1 Å². The van der Waals surface area contributed by atoms with Gasteiger partial charge in [0, 0.05) is 31.7 Å². The third kappa shape index (κ3) is 2.77. The van der Waals surface area contributed by atoms with Gasteiger partial charge in [-0.05, 0) is 6.07 Å². The molecule has 0 amide bonds. The maximum Gasteiger partial charge on any atom is 0.223 e. The zero-order chi connectivity index (χ0) is 15.7. The largest absolute Gasteiger partial charge is 0.383 e. The number of nitrogen functional groups attached to an aromatic ring is 2. The summed E-state index contributed by atoms with van der Waals surface area (Å²) < 4.78 is 0. The molecule has 0 unspecified atom stereocenters. The van der Waals surface area contributed by atoms with E-state index in [2.05, 4.69) is 20.2 Å². The Kier molecular flexibility index (Phi) is 4.24. The molecule has 0 saturated carbocycles. The van der Waals surface area contributed by atoms with Crippen molar-refractivity contribution in [2.45, 2.75) is 0 Å². The Morgan fingerprint density at radius 3 is 2.55 bits per heavy atom. The van der Waals surface area contributed by atoms with Gasteiger partial charge in [-0.25, -0.2) is 0 Å². The molecule has 22 heavy (non-hydrogen) atoms. The number of rotatable bonds is 2. The summed E-state index contributed by atoms with van der Waals surface area (Å²) in [5, 5.41) is 4.19.